The normalized spacial score (nSPS) is 16.9. The highest BCUT2D eigenvalue weighted by molar-refractivity contribution is 5.92. The SMILES string of the molecule is CCOc1ccc(C(=O)Oc2ccc3c(=O)c(Oc4cc(C)cc(C)c4C)c(C(F)(F)F)oc3c2C[NH+]2CCC(C)CC2)cc1. The fourth-order valence-electron chi connectivity index (χ4n) is 5.65. The van der Waals surface area contributed by atoms with Gasteiger partial charge in [-0.25, -0.2) is 4.79 Å². The van der Waals surface area contributed by atoms with Crippen molar-refractivity contribution in [1.29, 1.82) is 0 Å². The summed E-state index contributed by atoms with van der Waals surface area (Å²) in [5.41, 5.74) is 1.39. The first kappa shape index (κ1) is 32.1. The number of nitrogens with one attached hydrogen (secondary N) is 1. The Labute approximate surface area is 259 Å². The van der Waals surface area contributed by atoms with E-state index in [1.807, 2.05) is 19.9 Å². The van der Waals surface area contributed by atoms with Crippen LogP contribution in [0.5, 0.6) is 23.0 Å². The largest absolute Gasteiger partial charge is 0.494 e. The smallest absolute Gasteiger partial charge is 0.453 e. The Morgan fingerprint density at radius 1 is 1.00 bits per heavy atom. The molecule has 1 aliphatic rings. The lowest BCUT2D eigenvalue weighted by atomic mass is 9.98. The number of ether oxygens (including phenoxy) is 3. The standard InChI is InChI=1S/C35H36F3NO6/c1-6-42-25-9-7-24(8-10-25)34(41)44-28-12-11-26-30(40)32(43-29-18-21(3)17-22(4)23(29)5)33(35(36,37)38)45-31(26)27(28)19-39-15-13-20(2)14-16-39/h7-12,17-18,20H,6,13-16,19H2,1-5H3/p+1. The van der Waals surface area contributed by atoms with E-state index in [4.69, 9.17) is 18.6 Å². The van der Waals surface area contributed by atoms with Crippen molar-refractivity contribution in [2.24, 2.45) is 5.92 Å². The fraction of sp³-hybridized carbons (Fsp3) is 0.371. The van der Waals surface area contributed by atoms with Crippen molar-refractivity contribution in [1.82, 2.24) is 0 Å². The third-order valence-electron chi connectivity index (χ3n) is 8.32. The molecule has 10 heteroatoms. The van der Waals surface area contributed by atoms with Crippen LogP contribution in [0.1, 0.15) is 65.1 Å². The highest BCUT2D eigenvalue weighted by atomic mass is 19.4. The van der Waals surface area contributed by atoms with Crippen LogP contribution in [-0.4, -0.2) is 25.7 Å². The van der Waals surface area contributed by atoms with Crippen LogP contribution >= 0.6 is 0 Å². The lowest BCUT2D eigenvalue weighted by Gasteiger charge is -2.28. The third kappa shape index (κ3) is 7.01. The summed E-state index contributed by atoms with van der Waals surface area (Å²) in [6, 6.07) is 12.6. The van der Waals surface area contributed by atoms with Gasteiger partial charge in [0.05, 0.1) is 36.2 Å². The van der Waals surface area contributed by atoms with Crippen molar-refractivity contribution in [3.8, 4) is 23.0 Å². The number of likely N-dealkylation sites (tertiary alicyclic amines) is 1. The molecule has 1 fully saturated rings. The van der Waals surface area contributed by atoms with Crippen LogP contribution in [0.4, 0.5) is 13.2 Å². The lowest BCUT2D eigenvalue weighted by Crippen LogP contribution is -3.11. The topological polar surface area (TPSA) is 79.4 Å². The second-order valence-corrected chi connectivity index (χ2v) is 11.8. The summed E-state index contributed by atoms with van der Waals surface area (Å²) in [6.45, 7) is 11.5. The van der Waals surface area contributed by atoms with Crippen molar-refractivity contribution in [3.05, 3.63) is 92.3 Å². The van der Waals surface area contributed by atoms with E-state index < -0.39 is 29.1 Å². The van der Waals surface area contributed by atoms with E-state index in [9.17, 15) is 22.8 Å². The summed E-state index contributed by atoms with van der Waals surface area (Å²) >= 11 is 0. The number of piperidine rings is 1. The predicted octanol–water partition coefficient (Wildman–Crippen LogP) is 6.96. The molecule has 1 aromatic heterocycles. The van der Waals surface area contributed by atoms with E-state index in [0.717, 1.165) is 42.0 Å². The molecular weight excluding hydrogens is 587 g/mol. The summed E-state index contributed by atoms with van der Waals surface area (Å²) in [6.07, 6.45) is -3.17. The van der Waals surface area contributed by atoms with Gasteiger partial charge in [0.15, 0.2) is 5.58 Å². The molecule has 238 valence electrons. The van der Waals surface area contributed by atoms with E-state index in [1.54, 1.807) is 44.2 Å². The monoisotopic (exact) mass is 624 g/mol. The molecule has 0 spiro atoms. The minimum atomic E-state index is -5.05. The van der Waals surface area contributed by atoms with Crippen molar-refractivity contribution in [3.63, 3.8) is 0 Å². The van der Waals surface area contributed by atoms with Crippen LogP contribution < -0.4 is 24.5 Å². The Morgan fingerprint density at radius 2 is 1.69 bits per heavy atom. The van der Waals surface area contributed by atoms with E-state index in [2.05, 4.69) is 6.92 Å². The zero-order valence-electron chi connectivity index (χ0n) is 26.0. The molecule has 45 heavy (non-hydrogen) atoms. The minimum Gasteiger partial charge on any atom is -0.494 e. The number of esters is 1. The van der Waals surface area contributed by atoms with E-state index in [-0.39, 0.29) is 40.1 Å². The van der Waals surface area contributed by atoms with Gasteiger partial charge in [-0.3, -0.25) is 4.79 Å². The Balaban J connectivity index is 1.64. The quantitative estimate of drug-likeness (QED) is 0.169. The molecule has 1 aliphatic heterocycles. The second kappa shape index (κ2) is 13.0. The van der Waals surface area contributed by atoms with Crippen LogP contribution in [0.25, 0.3) is 11.0 Å². The summed E-state index contributed by atoms with van der Waals surface area (Å²) in [5.74, 6) is -1.91. The molecule has 0 atom stereocenters. The number of quaternary nitrogens is 1. The number of carbonyl (C=O) groups is 1. The van der Waals surface area contributed by atoms with Crippen LogP contribution in [0.3, 0.4) is 0 Å². The zero-order valence-corrected chi connectivity index (χ0v) is 26.0. The van der Waals surface area contributed by atoms with Gasteiger partial charge in [0.1, 0.15) is 23.8 Å². The number of halogens is 3. The first-order valence-electron chi connectivity index (χ1n) is 15.1. The molecule has 0 saturated carbocycles. The molecule has 2 heterocycles. The van der Waals surface area contributed by atoms with Gasteiger partial charge in [-0.2, -0.15) is 13.2 Å². The molecule has 0 radical (unpaired) electrons. The van der Waals surface area contributed by atoms with E-state index in [1.165, 1.54) is 12.1 Å². The van der Waals surface area contributed by atoms with Crippen molar-refractivity contribution in [2.75, 3.05) is 19.7 Å². The first-order chi connectivity index (χ1) is 21.3. The average Bonchev–Trinajstić information content (AvgIpc) is 2.99. The lowest BCUT2D eigenvalue weighted by molar-refractivity contribution is -0.919. The molecule has 7 nitrogen and oxygen atoms in total. The summed E-state index contributed by atoms with van der Waals surface area (Å²) in [4.78, 5) is 28.1. The zero-order chi connectivity index (χ0) is 32.5. The Kier molecular flexibility index (Phi) is 9.25. The van der Waals surface area contributed by atoms with Crippen LogP contribution in [-0.2, 0) is 12.7 Å². The number of alkyl halides is 3. The summed E-state index contributed by atoms with van der Waals surface area (Å²) < 4.78 is 66.2. The maximum absolute atomic E-state index is 14.6. The van der Waals surface area contributed by atoms with Gasteiger partial charge in [0.25, 0.3) is 5.76 Å². The number of carbonyl (C=O) groups excluding carboxylic acids is 1. The van der Waals surface area contributed by atoms with Gasteiger partial charge in [-0.1, -0.05) is 13.0 Å². The Morgan fingerprint density at radius 3 is 2.33 bits per heavy atom. The highest BCUT2D eigenvalue weighted by Gasteiger charge is 2.41. The summed E-state index contributed by atoms with van der Waals surface area (Å²) in [5, 5.41) is -0.0966. The molecule has 1 saturated heterocycles. The number of fused-ring (bicyclic) bond motifs is 1. The van der Waals surface area contributed by atoms with Gasteiger partial charge >= 0.3 is 12.1 Å². The molecule has 0 bridgehead atoms. The summed E-state index contributed by atoms with van der Waals surface area (Å²) in [7, 11) is 0. The van der Waals surface area contributed by atoms with E-state index >= 15 is 0 Å². The predicted molar refractivity (Wildman–Crippen MR) is 164 cm³/mol. The maximum atomic E-state index is 14.6. The molecule has 1 N–H and O–H groups in total. The Hall–Kier alpha value is -4.31. The second-order valence-electron chi connectivity index (χ2n) is 11.8. The third-order valence-corrected chi connectivity index (χ3v) is 8.32. The van der Waals surface area contributed by atoms with Crippen molar-refractivity contribution >= 4 is 16.9 Å². The number of benzene rings is 3. The molecule has 0 aliphatic carbocycles. The van der Waals surface area contributed by atoms with Gasteiger partial charge in [0.2, 0.25) is 11.2 Å². The van der Waals surface area contributed by atoms with Gasteiger partial charge in [0, 0.05) is 0 Å². The average molecular weight is 625 g/mol. The number of hydrogen-bond donors (Lipinski definition) is 1. The van der Waals surface area contributed by atoms with Gasteiger partial charge in [-0.05, 0) is 106 Å². The number of rotatable bonds is 8. The molecule has 5 rings (SSSR count). The highest BCUT2D eigenvalue weighted by Crippen LogP contribution is 2.41. The number of aryl methyl sites for hydroxylation is 2. The van der Waals surface area contributed by atoms with Crippen LogP contribution in [0.15, 0.2) is 57.7 Å². The van der Waals surface area contributed by atoms with E-state index in [0.29, 0.717) is 23.8 Å². The molecule has 4 aromatic rings. The van der Waals surface area contributed by atoms with Crippen molar-refractivity contribution < 1.29 is 41.5 Å². The number of hydrogen-bond acceptors (Lipinski definition) is 6. The van der Waals surface area contributed by atoms with Crippen LogP contribution in [0, 0.1) is 26.7 Å². The van der Waals surface area contributed by atoms with Gasteiger partial charge in [-0.15, -0.1) is 0 Å². The maximum Gasteiger partial charge on any atom is 0.453 e. The molecule has 0 amide bonds. The fourth-order valence-corrected chi connectivity index (χ4v) is 5.65. The van der Waals surface area contributed by atoms with Gasteiger partial charge < -0.3 is 23.5 Å². The Bertz CT molecular complexity index is 1770. The minimum absolute atomic E-state index is 0.0302. The molecular formula is C35H37F3NO6+. The molecule has 0 unspecified atom stereocenters. The van der Waals surface area contributed by atoms with Crippen molar-refractivity contribution in [2.45, 2.75) is 60.2 Å². The molecule has 3 aromatic carbocycles. The first-order valence-corrected chi connectivity index (χ1v) is 15.1. The van der Waals surface area contributed by atoms with Crippen LogP contribution in [0.2, 0.25) is 0 Å².